The second kappa shape index (κ2) is 6.22. The van der Waals surface area contributed by atoms with Gasteiger partial charge in [-0.25, -0.2) is 0 Å². The monoisotopic (exact) mass is 351 g/mol. The molecule has 0 saturated carbocycles. The predicted octanol–water partition coefficient (Wildman–Crippen LogP) is 3.42. The number of nitrogens with zero attached hydrogens (tertiary/aromatic N) is 1. The largest absolute Gasteiger partial charge is 0.495 e. The van der Waals surface area contributed by atoms with Crippen LogP contribution in [-0.2, 0) is 6.54 Å². The van der Waals surface area contributed by atoms with Gasteiger partial charge in [-0.15, -0.1) is 0 Å². The van der Waals surface area contributed by atoms with Gasteiger partial charge in [0.2, 0.25) is 0 Å². The van der Waals surface area contributed by atoms with Crippen LogP contribution < -0.4 is 15.8 Å². The van der Waals surface area contributed by atoms with Crippen LogP contribution in [0.15, 0.2) is 28.9 Å². The van der Waals surface area contributed by atoms with Crippen molar-refractivity contribution in [3.05, 3.63) is 40.1 Å². The Morgan fingerprint density at radius 1 is 1.43 bits per heavy atom. The van der Waals surface area contributed by atoms with Crippen LogP contribution in [-0.4, -0.2) is 17.6 Å². The van der Waals surface area contributed by atoms with Gasteiger partial charge < -0.3 is 20.4 Å². The van der Waals surface area contributed by atoms with Crippen molar-refractivity contribution in [2.75, 3.05) is 18.2 Å². The minimum atomic E-state index is -0.211. The van der Waals surface area contributed by atoms with Crippen molar-refractivity contribution < 1.29 is 9.53 Å². The van der Waals surface area contributed by atoms with Crippen LogP contribution in [0, 0.1) is 6.92 Å². The van der Waals surface area contributed by atoms with Crippen molar-refractivity contribution in [2.24, 2.45) is 0 Å². The number of carbonyl (C=O) groups is 1. The minimum Gasteiger partial charge on any atom is -0.495 e. The molecule has 0 radical (unpaired) electrons. The van der Waals surface area contributed by atoms with Crippen molar-refractivity contribution in [1.29, 1.82) is 0 Å². The van der Waals surface area contributed by atoms with E-state index in [0.717, 1.165) is 10.0 Å². The lowest BCUT2D eigenvalue weighted by molar-refractivity contribution is 0.101. The van der Waals surface area contributed by atoms with Crippen LogP contribution in [0.3, 0.4) is 0 Å². The van der Waals surface area contributed by atoms with Crippen LogP contribution in [0.1, 0.15) is 23.0 Å². The van der Waals surface area contributed by atoms with Crippen LogP contribution in [0.25, 0.3) is 0 Å². The third-order valence-electron chi connectivity index (χ3n) is 3.21. The first-order valence-corrected chi connectivity index (χ1v) is 7.36. The molecule has 0 unspecified atom stereocenters. The van der Waals surface area contributed by atoms with Gasteiger partial charge in [-0.2, -0.15) is 0 Å². The first kappa shape index (κ1) is 15.4. The molecule has 1 aromatic carbocycles. The molecule has 3 N–H and O–H groups in total. The first-order chi connectivity index (χ1) is 9.96. The zero-order valence-corrected chi connectivity index (χ0v) is 13.8. The third-order valence-corrected chi connectivity index (χ3v) is 3.67. The summed E-state index contributed by atoms with van der Waals surface area (Å²) in [6.07, 6.45) is 1.75. The second-order valence-electron chi connectivity index (χ2n) is 4.70. The van der Waals surface area contributed by atoms with E-state index in [1.165, 1.54) is 0 Å². The molecule has 0 saturated heterocycles. The van der Waals surface area contributed by atoms with E-state index in [4.69, 9.17) is 10.5 Å². The highest BCUT2D eigenvalue weighted by Crippen LogP contribution is 2.32. The van der Waals surface area contributed by atoms with Crippen LogP contribution in [0.4, 0.5) is 11.4 Å². The van der Waals surface area contributed by atoms with Gasteiger partial charge >= 0.3 is 0 Å². The van der Waals surface area contributed by atoms with E-state index >= 15 is 0 Å². The molecule has 112 valence electrons. The number of rotatable bonds is 4. The number of aryl methyl sites for hydroxylation is 2. The maximum absolute atomic E-state index is 12.5. The van der Waals surface area contributed by atoms with Gasteiger partial charge in [0.25, 0.3) is 5.91 Å². The molecule has 1 aromatic heterocycles. The molecule has 0 aliphatic rings. The van der Waals surface area contributed by atoms with Crippen LogP contribution in [0.2, 0.25) is 0 Å². The summed E-state index contributed by atoms with van der Waals surface area (Å²) in [4.78, 5) is 12.5. The number of halogens is 1. The predicted molar refractivity (Wildman–Crippen MR) is 87.9 cm³/mol. The van der Waals surface area contributed by atoms with Crippen molar-refractivity contribution in [3.63, 3.8) is 0 Å². The average Bonchev–Trinajstić information content (AvgIpc) is 2.82. The van der Waals surface area contributed by atoms with Crippen molar-refractivity contribution >= 4 is 33.2 Å². The first-order valence-electron chi connectivity index (χ1n) is 6.57. The second-order valence-corrected chi connectivity index (χ2v) is 5.61. The number of methoxy groups -OCH3 is 1. The van der Waals surface area contributed by atoms with E-state index < -0.39 is 0 Å². The number of benzene rings is 1. The van der Waals surface area contributed by atoms with Crippen molar-refractivity contribution in [1.82, 2.24) is 4.57 Å². The van der Waals surface area contributed by atoms with E-state index in [-0.39, 0.29) is 5.91 Å². The summed E-state index contributed by atoms with van der Waals surface area (Å²) < 4.78 is 8.04. The number of hydrogen-bond acceptors (Lipinski definition) is 3. The van der Waals surface area contributed by atoms with E-state index in [1.807, 2.05) is 30.5 Å². The molecule has 21 heavy (non-hydrogen) atoms. The zero-order chi connectivity index (χ0) is 15.6. The quantitative estimate of drug-likeness (QED) is 0.886. The number of amides is 1. The van der Waals surface area contributed by atoms with Gasteiger partial charge in [0.1, 0.15) is 11.4 Å². The number of nitrogens with one attached hydrogen (secondary N) is 1. The molecule has 0 fully saturated rings. The fourth-order valence-corrected chi connectivity index (χ4v) is 2.75. The molecule has 0 bridgehead atoms. The summed E-state index contributed by atoms with van der Waals surface area (Å²) >= 11 is 3.41. The van der Waals surface area contributed by atoms with E-state index in [2.05, 4.69) is 21.2 Å². The summed E-state index contributed by atoms with van der Waals surface area (Å²) in [7, 11) is 1.57. The van der Waals surface area contributed by atoms with E-state index in [0.29, 0.717) is 29.4 Å². The SMILES string of the molecule is CCn1cc(N)cc1C(=O)Nc1c(C)cc(Br)cc1OC. The molecule has 5 nitrogen and oxygen atoms in total. The Morgan fingerprint density at radius 2 is 2.14 bits per heavy atom. The van der Waals surface area contributed by atoms with Crippen LogP contribution >= 0.6 is 15.9 Å². The highest BCUT2D eigenvalue weighted by atomic mass is 79.9. The molecule has 0 spiro atoms. The number of aromatic nitrogens is 1. The molecule has 2 rings (SSSR count). The molecule has 2 aromatic rings. The Kier molecular flexibility index (Phi) is 4.57. The number of ether oxygens (including phenoxy) is 1. The Morgan fingerprint density at radius 3 is 2.76 bits per heavy atom. The lowest BCUT2D eigenvalue weighted by Gasteiger charge is -2.14. The van der Waals surface area contributed by atoms with Gasteiger partial charge in [0.05, 0.1) is 18.5 Å². The van der Waals surface area contributed by atoms with E-state index in [9.17, 15) is 4.79 Å². The lowest BCUT2D eigenvalue weighted by atomic mass is 10.2. The summed E-state index contributed by atoms with van der Waals surface area (Å²) in [5, 5.41) is 2.90. The Hall–Kier alpha value is -1.95. The number of nitrogens with two attached hydrogens (primary N) is 1. The van der Waals surface area contributed by atoms with Gasteiger partial charge in [-0.1, -0.05) is 15.9 Å². The molecule has 6 heteroatoms. The fraction of sp³-hybridized carbons (Fsp3) is 0.267. The maximum Gasteiger partial charge on any atom is 0.272 e. The van der Waals surface area contributed by atoms with Gasteiger partial charge in [-0.3, -0.25) is 4.79 Å². The fourth-order valence-electron chi connectivity index (χ4n) is 2.20. The number of hydrogen-bond donors (Lipinski definition) is 2. The summed E-state index contributed by atoms with van der Waals surface area (Å²) in [5.74, 6) is 0.398. The molecule has 1 amide bonds. The molecule has 0 atom stereocenters. The zero-order valence-electron chi connectivity index (χ0n) is 12.2. The number of nitrogen functional groups attached to an aromatic ring is 1. The van der Waals surface area contributed by atoms with Crippen LogP contribution in [0.5, 0.6) is 5.75 Å². The Bertz CT molecular complexity index is 680. The molecule has 0 aliphatic heterocycles. The maximum atomic E-state index is 12.5. The summed E-state index contributed by atoms with van der Waals surface area (Å²) in [5.41, 5.74) is 8.43. The van der Waals surface area contributed by atoms with E-state index in [1.54, 1.807) is 19.4 Å². The lowest BCUT2D eigenvalue weighted by Crippen LogP contribution is -2.17. The topological polar surface area (TPSA) is 69.3 Å². The normalized spacial score (nSPS) is 10.5. The highest BCUT2D eigenvalue weighted by molar-refractivity contribution is 9.10. The molecular formula is C15H18BrN3O2. The minimum absolute atomic E-state index is 0.211. The number of anilines is 2. The smallest absolute Gasteiger partial charge is 0.272 e. The Labute approximate surface area is 132 Å². The standard InChI is InChI=1S/C15H18BrN3O2/c1-4-19-8-11(17)7-12(19)15(20)18-14-9(2)5-10(16)6-13(14)21-3/h5-8H,4,17H2,1-3H3,(H,18,20). The Balaban J connectivity index is 2.35. The molecule has 1 heterocycles. The van der Waals surface area contributed by atoms with Gasteiger partial charge in [0, 0.05) is 17.2 Å². The summed E-state index contributed by atoms with van der Waals surface area (Å²) in [6.45, 7) is 4.55. The van der Waals surface area contributed by atoms with Gasteiger partial charge in [0.15, 0.2) is 0 Å². The van der Waals surface area contributed by atoms with Gasteiger partial charge in [-0.05, 0) is 37.6 Å². The molecular weight excluding hydrogens is 334 g/mol. The average molecular weight is 352 g/mol. The van der Waals surface area contributed by atoms with Crippen molar-refractivity contribution in [3.8, 4) is 5.75 Å². The molecule has 0 aliphatic carbocycles. The number of carbonyl (C=O) groups excluding carboxylic acids is 1. The highest BCUT2D eigenvalue weighted by Gasteiger charge is 2.16. The third kappa shape index (κ3) is 3.21. The van der Waals surface area contributed by atoms with Crippen molar-refractivity contribution in [2.45, 2.75) is 20.4 Å². The summed E-state index contributed by atoms with van der Waals surface area (Å²) in [6, 6.07) is 5.40.